The van der Waals surface area contributed by atoms with E-state index in [-0.39, 0.29) is 4.90 Å². The number of piperazine rings is 1. The second-order valence-corrected chi connectivity index (χ2v) is 9.09. The number of anilines is 1. The topological polar surface area (TPSA) is 66.7 Å². The van der Waals surface area contributed by atoms with Gasteiger partial charge in [-0.2, -0.15) is 4.31 Å². The zero-order valence-corrected chi connectivity index (χ0v) is 16.9. The standard InChI is InChI=1S/C19H27N3O3S/c1-13(2)17-8-6-7-14(3)18(17)21-9-11-22(12-10-21)26(23,24)19-15(4)20-25-16(19)5/h6-8,13H,9-12H2,1-5H3. The second kappa shape index (κ2) is 7.04. The van der Waals surface area contributed by atoms with Crippen LogP contribution in [0.1, 0.15) is 42.3 Å². The highest BCUT2D eigenvalue weighted by molar-refractivity contribution is 7.89. The van der Waals surface area contributed by atoms with E-state index in [1.54, 1.807) is 18.2 Å². The lowest BCUT2D eigenvalue weighted by molar-refractivity contribution is 0.378. The Morgan fingerprint density at radius 1 is 1.08 bits per heavy atom. The van der Waals surface area contributed by atoms with Crippen molar-refractivity contribution < 1.29 is 12.9 Å². The lowest BCUT2D eigenvalue weighted by Gasteiger charge is -2.37. The van der Waals surface area contributed by atoms with Crippen LogP contribution in [0, 0.1) is 20.8 Å². The zero-order valence-electron chi connectivity index (χ0n) is 16.1. The molecule has 1 aliphatic heterocycles. The van der Waals surface area contributed by atoms with E-state index in [1.165, 1.54) is 16.8 Å². The first-order valence-electron chi connectivity index (χ1n) is 9.01. The molecule has 1 aromatic heterocycles. The predicted octanol–water partition coefficient (Wildman–Crippen LogP) is 3.23. The molecule has 0 saturated carbocycles. The zero-order chi connectivity index (χ0) is 19.1. The van der Waals surface area contributed by atoms with E-state index in [1.807, 2.05) is 0 Å². The van der Waals surface area contributed by atoms with Crippen molar-refractivity contribution in [2.45, 2.75) is 45.4 Å². The third-order valence-corrected chi connectivity index (χ3v) is 7.16. The Morgan fingerprint density at radius 3 is 2.27 bits per heavy atom. The molecule has 0 unspecified atom stereocenters. The Kier molecular flexibility index (Phi) is 5.12. The summed E-state index contributed by atoms with van der Waals surface area (Å²) in [5.41, 5.74) is 4.22. The van der Waals surface area contributed by atoms with Crippen LogP contribution in [0.2, 0.25) is 0 Å². The van der Waals surface area contributed by atoms with E-state index >= 15 is 0 Å². The van der Waals surface area contributed by atoms with Crippen LogP contribution in [-0.4, -0.2) is 44.1 Å². The monoisotopic (exact) mass is 377 g/mol. The number of hydrogen-bond acceptors (Lipinski definition) is 5. The van der Waals surface area contributed by atoms with Gasteiger partial charge in [-0.25, -0.2) is 8.42 Å². The minimum Gasteiger partial charge on any atom is -0.368 e. The molecule has 1 saturated heterocycles. The minimum absolute atomic E-state index is 0.213. The van der Waals surface area contributed by atoms with Crippen LogP contribution in [0.3, 0.4) is 0 Å². The summed E-state index contributed by atoms with van der Waals surface area (Å²) < 4.78 is 32.6. The summed E-state index contributed by atoms with van der Waals surface area (Å²) in [6.07, 6.45) is 0. The molecule has 0 atom stereocenters. The fourth-order valence-corrected chi connectivity index (χ4v) is 5.42. The molecule has 0 amide bonds. The van der Waals surface area contributed by atoms with E-state index in [9.17, 15) is 8.42 Å². The summed E-state index contributed by atoms with van der Waals surface area (Å²) in [4.78, 5) is 2.52. The average molecular weight is 378 g/mol. The molecule has 0 spiro atoms. The maximum atomic E-state index is 13.0. The Morgan fingerprint density at radius 2 is 1.73 bits per heavy atom. The van der Waals surface area contributed by atoms with Crippen LogP contribution in [0.15, 0.2) is 27.6 Å². The molecule has 0 bridgehead atoms. The molecule has 3 rings (SSSR count). The SMILES string of the molecule is Cc1cccc(C(C)C)c1N1CCN(S(=O)(=O)c2c(C)noc2C)CC1. The van der Waals surface area contributed by atoms with E-state index < -0.39 is 10.0 Å². The lowest BCUT2D eigenvalue weighted by atomic mass is 9.97. The van der Waals surface area contributed by atoms with Crippen molar-refractivity contribution in [1.82, 2.24) is 9.46 Å². The van der Waals surface area contributed by atoms with Gasteiger partial charge in [0.15, 0.2) is 5.76 Å². The maximum Gasteiger partial charge on any atom is 0.248 e. The van der Waals surface area contributed by atoms with Gasteiger partial charge in [-0.05, 0) is 37.8 Å². The third kappa shape index (κ3) is 3.25. The van der Waals surface area contributed by atoms with E-state index in [2.05, 4.69) is 49.0 Å². The Balaban J connectivity index is 1.83. The molecule has 6 nitrogen and oxygen atoms in total. The van der Waals surface area contributed by atoms with Gasteiger partial charge in [-0.1, -0.05) is 37.2 Å². The Bertz CT molecular complexity index is 875. The van der Waals surface area contributed by atoms with E-state index in [4.69, 9.17) is 4.52 Å². The van der Waals surface area contributed by atoms with Gasteiger partial charge < -0.3 is 9.42 Å². The molecule has 0 N–H and O–H groups in total. The highest BCUT2D eigenvalue weighted by Gasteiger charge is 2.33. The summed E-state index contributed by atoms with van der Waals surface area (Å²) in [6, 6.07) is 6.38. The van der Waals surface area contributed by atoms with Crippen LogP contribution in [0.4, 0.5) is 5.69 Å². The first-order chi connectivity index (χ1) is 12.2. The molecule has 7 heteroatoms. The molecule has 1 fully saturated rings. The quantitative estimate of drug-likeness (QED) is 0.818. The number of aryl methyl sites for hydroxylation is 3. The van der Waals surface area contributed by atoms with Crippen LogP contribution in [-0.2, 0) is 10.0 Å². The van der Waals surface area contributed by atoms with Crippen molar-refractivity contribution >= 4 is 15.7 Å². The second-order valence-electron chi connectivity index (χ2n) is 7.21. The van der Waals surface area contributed by atoms with Gasteiger partial charge >= 0.3 is 0 Å². The summed E-state index contributed by atoms with van der Waals surface area (Å²) >= 11 is 0. The van der Waals surface area contributed by atoms with Crippen molar-refractivity contribution in [3.8, 4) is 0 Å². The summed E-state index contributed by atoms with van der Waals surface area (Å²) in [7, 11) is -3.57. The van der Waals surface area contributed by atoms with Crippen molar-refractivity contribution in [2.75, 3.05) is 31.1 Å². The molecule has 2 heterocycles. The van der Waals surface area contributed by atoms with Gasteiger partial charge in [-0.3, -0.25) is 0 Å². The molecular formula is C19H27N3O3S. The Hall–Kier alpha value is -1.86. The average Bonchev–Trinajstić information content (AvgIpc) is 2.94. The smallest absolute Gasteiger partial charge is 0.248 e. The van der Waals surface area contributed by atoms with Gasteiger partial charge in [-0.15, -0.1) is 0 Å². The van der Waals surface area contributed by atoms with Crippen molar-refractivity contribution in [2.24, 2.45) is 0 Å². The summed E-state index contributed by atoms with van der Waals surface area (Å²) in [5, 5.41) is 3.79. The fourth-order valence-electron chi connectivity index (χ4n) is 3.70. The number of aromatic nitrogens is 1. The van der Waals surface area contributed by atoms with Gasteiger partial charge in [0.2, 0.25) is 10.0 Å². The number of sulfonamides is 1. The van der Waals surface area contributed by atoms with E-state index in [0.717, 1.165) is 0 Å². The number of benzene rings is 1. The third-order valence-electron chi connectivity index (χ3n) is 5.01. The van der Waals surface area contributed by atoms with Crippen molar-refractivity contribution in [3.05, 3.63) is 40.8 Å². The molecule has 1 aromatic carbocycles. The highest BCUT2D eigenvalue weighted by atomic mass is 32.2. The van der Waals surface area contributed by atoms with E-state index in [0.29, 0.717) is 43.6 Å². The van der Waals surface area contributed by atoms with Gasteiger partial charge in [0.1, 0.15) is 10.6 Å². The molecule has 2 aromatic rings. The number of nitrogens with zero attached hydrogens (tertiary/aromatic N) is 3. The fraction of sp³-hybridized carbons (Fsp3) is 0.526. The largest absolute Gasteiger partial charge is 0.368 e. The molecular weight excluding hydrogens is 350 g/mol. The van der Waals surface area contributed by atoms with Crippen LogP contribution < -0.4 is 4.90 Å². The maximum absolute atomic E-state index is 13.0. The number of hydrogen-bond donors (Lipinski definition) is 0. The summed E-state index contributed by atoms with van der Waals surface area (Å²) in [5.74, 6) is 0.778. The first-order valence-corrected chi connectivity index (χ1v) is 10.4. The molecule has 0 radical (unpaired) electrons. The molecule has 142 valence electrons. The van der Waals surface area contributed by atoms with Crippen molar-refractivity contribution in [1.29, 1.82) is 0 Å². The Labute approximate surface area is 155 Å². The van der Waals surface area contributed by atoms with Gasteiger partial charge in [0.05, 0.1) is 0 Å². The van der Waals surface area contributed by atoms with Crippen LogP contribution >= 0.6 is 0 Å². The molecule has 26 heavy (non-hydrogen) atoms. The number of para-hydroxylation sites is 1. The summed E-state index contributed by atoms with van der Waals surface area (Å²) in [6.45, 7) is 12.1. The van der Waals surface area contributed by atoms with Gasteiger partial charge in [0, 0.05) is 31.9 Å². The normalized spacial score (nSPS) is 16.5. The minimum atomic E-state index is -3.57. The van der Waals surface area contributed by atoms with Crippen LogP contribution in [0.5, 0.6) is 0 Å². The number of rotatable bonds is 4. The van der Waals surface area contributed by atoms with Gasteiger partial charge in [0.25, 0.3) is 0 Å². The lowest BCUT2D eigenvalue weighted by Crippen LogP contribution is -2.49. The highest BCUT2D eigenvalue weighted by Crippen LogP contribution is 2.32. The molecule has 1 aliphatic rings. The molecule has 0 aliphatic carbocycles. The van der Waals surface area contributed by atoms with Crippen LogP contribution in [0.25, 0.3) is 0 Å². The first kappa shape index (κ1) is 18.9. The predicted molar refractivity (Wildman–Crippen MR) is 102 cm³/mol. The van der Waals surface area contributed by atoms with Crippen molar-refractivity contribution in [3.63, 3.8) is 0 Å².